The van der Waals surface area contributed by atoms with Gasteiger partial charge in [0, 0.05) is 44.5 Å². The van der Waals surface area contributed by atoms with Crippen molar-refractivity contribution in [2.24, 2.45) is 0 Å². The number of hydrogen-bond donors (Lipinski definition) is 0. The molecule has 1 saturated heterocycles. The number of aromatic nitrogens is 5. The highest BCUT2D eigenvalue weighted by molar-refractivity contribution is 5.93. The fraction of sp³-hybridized carbons (Fsp3) is 0.250. The van der Waals surface area contributed by atoms with Crippen LogP contribution in [-0.4, -0.2) is 61.9 Å². The van der Waals surface area contributed by atoms with Gasteiger partial charge in [0.2, 0.25) is 5.76 Å². The van der Waals surface area contributed by atoms with Gasteiger partial charge in [-0.1, -0.05) is 5.16 Å². The standard InChI is InChI=1S/C20H19N7O3/c1-14-4-5-27(23-14)19-12-18(21-13-22-19)25-6-8-26(9-7-25)20(28)15-11-17(30-24-15)16-3-2-10-29-16/h2-5,10-13H,6-9H2,1H3. The second-order valence-corrected chi connectivity index (χ2v) is 6.97. The Balaban J connectivity index is 1.25. The Bertz CT molecular complexity index is 1160. The number of rotatable bonds is 4. The van der Waals surface area contributed by atoms with E-state index in [1.807, 2.05) is 25.3 Å². The predicted octanol–water partition coefficient (Wildman–Crippen LogP) is 2.18. The summed E-state index contributed by atoms with van der Waals surface area (Å²) in [6.45, 7) is 4.36. The van der Waals surface area contributed by atoms with Crippen molar-refractivity contribution >= 4 is 11.7 Å². The minimum Gasteiger partial charge on any atom is -0.461 e. The molecule has 10 heteroatoms. The minimum atomic E-state index is -0.161. The molecule has 5 heterocycles. The van der Waals surface area contributed by atoms with Crippen molar-refractivity contribution in [1.29, 1.82) is 0 Å². The van der Waals surface area contributed by atoms with Crippen molar-refractivity contribution in [2.75, 3.05) is 31.1 Å². The van der Waals surface area contributed by atoms with Crippen LogP contribution in [0.1, 0.15) is 16.2 Å². The number of hydrogen-bond acceptors (Lipinski definition) is 8. The third-order valence-electron chi connectivity index (χ3n) is 4.98. The van der Waals surface area contributed by atoms with E-state index in [4.69, 9.17) is 8.94 Å². The minimum absolute atomic E-state index is 0.161. The highest BCUT2D eigenvalue weighted by atomic mass is 16.5. The van der Waals surface area contributed by atoms with Gasteiger partial charge in [-0.3, -0.25) is 4.79 Å². The molecule has 1 aliphatic heterocycles. The van der Waals surface area contributed by atoms with Crippen LogP contribution in [0.4, 0.5) is 5.82 Å². The lowest BCUT2D eigenvalue weighted by atomic mass is 10.2. The number of carbonyl (C=O) groups excluding carboxylic acids is 1. The van der Waals surface area contributed by atoms with Crippen molar-refractivity contribution in [3.63, 3.8) is 0 Å². The molecule has 1 fully saturated rings. The van der Waals surface area contributed by atoms with Gasteiger partial charge < -0.3 is 18.7 Å². The molecule has 0 aliphatic carbocycles. The number of carbonyl (C=O) groups is 1. The van der Waals surface area contributed by atoms with Crippen LogP contribution >= 0.6 is 0 Å². The number of furan rings is 1. The number of anilines is 1. The van der Waals surface area contributed by atoms with Crippen LogP contribution in [0.15, 0.2) is 58.1 Å². The Morgan fingerprint density at radius 1 is 1.03 bits per heavy atom. The van der Waals surface area contributed by atoms with E-state index in [9.17, 15) is 4.79 Å². The number of amides is 1. The normalized spacial score (nSPS) is 14.3. The van der Waals surface area contributed by atoms with Gasteiger partial charge >= 0.3 is 0 Å². The smallest absolute Gasteiger partial charge is 0.276 e. The lowest BCUT2D eigenvalue weighted by Gasteiger charge is -2.35. The van der Waals surface area contributed by atoms with Gasteiger partial charge in [0.05, 0.1) is 12.0 Å². The van der Waals surface area contributed by atoms with Crippen LogP contribution in [0, 0.1) is 6.92 Å². The Morgan fingerprint density at radius 2 is 1.87 bits per heavy atom. The molecule has 0 atom stereocenters. The second-order valence-electron chi connectivity index (χ2n) is 6.97. The van der Waals surface area contributed by atoms with E-state index < -0.39 is 0 Å². The zero-order chi connectivity index (χ0) is 20.5. The molecular formula is C20H19N7O3. The molecule has 0 saturated carbocycles. The van der Waals surface area contributed by atoms with Crippen molar-refractivity contribution in [3.05, 3.63) is 60.5 Å². The van der Waals surface area contributed by atoms with E-state index in [0.717, 1.165) is 11.5 Å². The maximum absolute atomic E-state index is 12.8. The monoisotopic (exact) mass is 405 g/mol. The molecule has 0 unspecified atom stereocenters. The molecule has 0 aromatic carbocycles. The molecule has 0 radical (unpaired) electrons. The first kappa shape index (κ1) is 18.1. The topological polar surface area (TPSA) is 106 Å². The van der Waals surface area contributed by atoms with Crippen molar-refractivity contribution in [1.82, 2.24) is 29.8 Å². The molecule has 1 aliphatic rings. The largest absolute Gasteiger partial charge is 0.461 e. The summed E-state index contributed by atoms with van der Waals surface area (Å²) in [4.78, 5) is 25.4. The van der Waals surface area contributed by atoms with Gasteiger partial charge in [-0.05, 0) is 25.1 Å². The molecule has 0 spiro atoms. The molecule has 152 valence electrons. The number of nitrogens with zero attached hydrogens (tertiary/aromatic N) is 7. The van der Waals surface area contributed by atoms with Crippen LogP contribution < -0.4 is 4.90 Å². The van der Waals surface area contributed by atoms with Gasteiger partial charge in [-0.25, -0.2) is 14.6 Å². The molecule has 10 nitrogen and oxygen atoms in total. The van der Waals surface area contributed by atoms with Crippen LogP contribution in [0.25, 0.3) is 17.3 Å². The predicted molar refractivity (Wildman–Crippen MR) is 106 cm³/mol. The van der Waals surface area contributed by atoms with Gasteiger partial charge in [0.1, 0.15) is 12.1 Å². The van der Waals surface area contributed by atoms with Gasteiger partial charge in [0.15, 0.2) is 17.3 Å². The fourth-order valence-electron chi connectivity index (χ4n) is 3.39. The lowest BCUT2D eigenvalue weighted by Crippen LogP contribution is -2.49. The summed E-state index contributed by atoms with van der Waals surface area (Å²) in [7, 11) is 0. The van der Waals surface area contributed by atoms with Crippen LogP contribution in [0.5, 0.6) is 0 Å². The maximum atomic E-state index is 12.8. The average molecular weight is 405 g/mol. The van der Waals surface area contributed by atoms with Crippen LogP contribution in [0.2, 0.25) is 0 Å². The lowest BCUT2D eigenvalue weighted by molar-refractivity contribution is 0.0736. The third-order valence-corrected chi connectivity index (χ3v) is 4.98. The van der Waals surface area contributed by atoms with Gasteiger partial charge in [0.25, 0.3) is 5.91 Å². The van der Waals surface area contributed by atoms with Gasteiger partial charge in [-0.15, -0.1) is 0 Å². The first-order chi connectivity index (χ1) is 14.7. The highest BCUT2D eigenvalue weighted by Gasteiger charge is 2.26. The van der Waals surface area contributed by atoms with Crippen molar-refractivity contribution in [2.45, 2.75) is 6.92 Å². The van der Waals surface area contributed by atoms with Crippen molar-refractivity contribution in [3.8, 4) is 17.3 Å². The summed E-state index contributed by atoms with van der Waals surface area (Å²) in [5.74, 6) is 2.33. The summed E-state index contributed by atoms with van der Waals surface area (Å²) in [6.07, 6.45) is 4.95. The van der Waals surface area contributed by atoms with Crippen molar-refractivity contribution < 1.29 is 13.7 Å². The zero-order valence-corrected chi connectivity index (χ0v) is 16.3. The Kier molecular flexibility index (Phi) is 4.51. The van der Waals surface area contributed by atoms with Crippen LogP contribution in [-0.2, 0) is 0 Å². The Morgan fingerprint density at radius 3 is 2.60 bits per heavy atom. The molecule has 4 aromatic rings. The Labute approximate surface area is 171 Å². The fourth-order valence-corrected chi connectivity index (χ4v) is 3.39. The Hall–Kier alpha value is -3.95. The third kappa shape index (κ3) is 3.43. The van der Waals surface area contributed by atoms with E-state index in [-0.39, 0.29) is 11.6 Å². The molecule has 30 heavy (non-hydrogen) atoms. The summed E-state index contributed by atoms with van der Waals surface area (Å²) < 4.78 is 12.2. The maximum Gasteiger partial charge on any atom is 0.276 e. The summed E-state index contributed by atoms with van der Waals surface area (Å²) >= 11 is 0. The molecular weight excluding hydrogens is 386 g/mol. The first-order valence-corrected chi connectivity index (χ1v) is 9.57. The van der Waals surface area contributed by atoms with E-state index in [1.165, 1.54) is 6.33 Å². The molecule has 0 bridgehead atoms. The highest BCUT2D eigenvalue weighted by Crippen LogP contribution is 2.22. The summed E-state index contributed by atoms with van der Waals surface area (Å²) in [5, 5.41) is 8.29. The van der Waals surface area contributed by atoms with E-state index in [1.54, 1.807) is 34.0 Å². The molecule has 5 rings (SSSR count). The molecule has 0 N–H and O–H groups in total. The summed E-state index contributed by atoms with van der Waals surface area (Å²) in [6, 6.07) is 8.94. The van der Waals surface area contributed by atoms with Gasteiger partial charge in [-0.2, -0.15) is 5.10 Å². The molecule has 4 aromatic heterocycles. The molecule has 1 amide bonds. The number of aryl methyl sites for hydroxylation is 1. The SMILES string of the molecule is Cc1ccn(-c2cc(N3CCN(C(=O)c4cc(-c5ccco5)on4)CC3)ncn2)n1. The second kappa shape index (κ2) is 7.47. The zero-order valence-electron chi connectivity index (χ0n) is 16.3. The van der Waals surface area contributed by atoms with E-state index in [2.05, 4.69) is 25.1 Å². The van der Waals surface area contributed by atoms with Crippen LogP contribution in [0.3, 0.4) is 0 Å². The average Bonchev–Trinajstić information content (AvgIpc) is 3.54. The quantitative estimate of drug-likeness (QED) is 0.509. The summed E-state index contributed by atoms with van der Waals surface area (Å²) in [5.41, 5.74) is 1.19. The van der Waals surface area contributed by atoms with E-state index in [0.29, 0.717) is 43.5 Å². The number of piperazine rings is 1. The first-order valence-electron chi connectivity index (χ1n) is 9.57. The van der Waals surface area contributed by atoms with E-state index >= 15 is 0 Å².